The third-order valence-electron chi connectivity index (χ3n) is 16.7. The van der Waals surface area contributed by atoms with E-state index in [9.17, 15) is 67.7 Å². The second-order valence-corrected chi connectivity index (χ2v) is 30.4. The number of carboxylic acid groups (broad SMARTS) is 1. The Morgan fingerprint density at radius 2 is 0.642 bits per heavy atom. The van der Waals surface area contributed by atoms with Gasteiger partial charge in [0.25, 0.3) is 0 Å². The zero-order valence-electron chi connectivity index (χ0n) is 71.7. The summed E-state index contributed by atoms with van der Waals surface area (Å²) in [5.41, 5.74) is 0.955. The monoisotopic (exact) mass is 1550 g/mol. The predicted molar refractivity (Wildman–Crippen MR) is 433 cm³/mol. The molecule has 8 N–H and O–H groups in total. The van der Waals surface area contributed by atoms with E-state index in [0.717, 1.165) is 109 Å². The van der Waals surface area contributed by atoms with Gasteiger partial charge in [0, 0.05) is 40.5 Å². The number of ether oxygens (including phenoxy) is 5. The Labute approximate surface area is 657 Å². The molecule has 0 bridgehead atoms. The number of allylic oxidation sites excluding steroid dienone is 6. The summed E-state index contributed by atoms with van der Waals surface area (Å²) >= 11 is 0. The van der Waals surface area contributed by atoms with Crippen LogP contribution in [0.15, 0.2) is 48.6 Å². The number of aliphatic carboxylic acids is 1. The van der Waals surface area contributed by atoms with Crippen LogP contribution in [0.5, 0.6) is 0 Å². The van der Waals surface area contributed by atoms with Crippen LogP contribution in [-0.4, -0.2) is 161 Å². The summed E-state index contributed by atoms with van der Waals surface area (Å²) in [4.78, 5) is 134. The SMILES string of the molecule is C=CCC[C@@H](C)CC[C@H](NC(=O)OC(C)(C)C)C(=O)O.C=CCC[C@@H](C)CC[C@H](NC(C)=O)C(=O)OCC.CC(C)=CCC[C@@H](C)CC=O.CCOC(=O)[C@H](CC[C@H](C)CCC(O)C(C)(C)O)NC(C)=O.CCOC(=O)[C@H](CC[C@H](C)CCC=C(C)C)NC(C)=O.CCOC(=O)[C@H](CC[C@H](C)CCC=O)NC(C)=O. The number of carbonyl (C=O) groups is 12. The van der Waals surface area contributed by atoms with Gasteiger partial charge in [0.1, 0.15) is 48.4 Å². The van der Waals surface area contributed by atoms with Crippen molar-refractivity contribution in [2.24, 2.45) is 35.5 Å². The number of hydrogen-bond acceptors (Lipinski definition) is 19. The summed E-state index contributed by atoms with van der Waals surface area (Å²) in [6, 6.07) is -3.15. The summed E-state index contributed by atoms with van der Waals surface area (Å²) in [5.74, 6) is -0.831. The van der Waals surface area contributed by atoms with Crippen molar-refractivity contribution in [2.45, 2.75) is 354 Å². The second-order valence-electron chi connectivity index (χ2n) is 30.4. The average Bonchev–Trinajstić information content (AvgIpc) is 0.935. The lowest BCUT2D eigenvalue weighted by atomic mass is 9.91. The van der Waals surface area contributed by atoms with Crippen LogP contribution in [0.4, 0.5) is 4.79 Å². The van der Waals surface area contributed by atoms with Crippen molar-refractivity contribution in [1.82, 2.24) is 26.6 Å². The van der Waals surface area contributed by atoms with Gasteiger partial charge < -0.3 is 75.2 Å². The summed E-state index contributed by atoms with van der Waals surface area (Å²) in [6.07, 6.45) is 27.0. The zero-order chi connectivity index (χ0) is 85.3. The van der Waals surface area contributed by atoms with Gasteiger partial charge in [-0.1, -0.05) is 77.0 Å². The minimum Gasteiger partial charge on any atom is -0.480 e. The lowest BCUT2D eigenvalue weighted by Gasteiger charge is -2.26. The number of aliphatic hydroxyl groups is 2. The molecule has 0 aromatic carbocycles. The number of nitrogens with one attached hydrogen (secondary N) is 5. The Bertz CT molecular complexity index is 2530. The van der Waals surface area contributed by atoms with Crippen molar-refractivity contribution in [3.05, 3.63) is 48.6 Å². The van der Waals surface area contributed by atoms with Crippen LogP contribution in [0.3, 0.4) is 0 Å². The Morgan fingerprint density at radius 3 is 0.881 bits per heavy atom. The Morgan fingerprint density at radius 1 is 0.376 bits per heavy atom. The number of hydrogen-bond donors (Lipinski definition) is 8. The molecule has 0 saturated heterocycles. The summed E-state index contributed by atoms with van der Waals surface area (Å²) < 4.78 is 24.9. The molecule has 0 rings (SSSR count). The van der Waals surface area contributed by atoms with E-state index in [2.05, 4.69) is 107 Å². The lowest BCUT2D eigenvalue weighted by molar-refractivity contribution is -0.148. The Hall–Kier alpha value is -7.28. The molecule has 0 spiro atoms. The van der Waals surface area contributed by atoms with Gasteiger partial charge in [-0.05, 0) is 260 Å². The van der Waals surface area contributed by atoms with Crippen molar-refractivity contribution in [2.75, 3.05) is 26.4 Å². The molecule has 0 aliphatic rings. The molecular formula is C84H153N5O20. The van der Waals surface area contributed by atoms with E-state index in [4.69, 9.17) is 28.8 Å². The Kier molecular flexibility index (Phi) is 72.2. The quantitative estimate of drug-likeness (QED) is 0.0121. The maximum Gasteiger partial charge on any atom is 0.408 e. The second kappa shape index (κ2) is 69.9. The smallest absolute Gasteiger partial charge is 0.408 e. The van der Waals surface area contributed by atoms with Gasteiger partial charge in [0.05, 0.1) is 38.1 Å². The maximum absolute atomic E-state index is 11.8. The minimum atomic E-state index is -1.11. The molecule has 0 aromatic rings. The fourth-order valence-electron chi connectivity index (χ4n) is 10.2. The summed E-state index contributed by atoms with van der Waals surface area (Å²) in [5, 5.41) is 41.5. The standard InChI is InChI=1S/C16H31NO5.C16H29NO3.C15H27NO4.C14H25NO3.C13H23NO4.C10H18O/c1-6-22-15(20)13(17-12(3)18)9-7-11(2)8-10-14(19)16(4,5)21;1-6-20-16(19)15(17-14(5)18)11-10-13(4)9-7-8-12(2)3;1-6-7-8-11(2)9-10-12(13(17)18)16-14(19)20-15(3,4)5;1-5-7-8-11(3)9-10-13(15-12(4)16)14(17)18-6-2;1-4-18-13(17)12(14-11(3)16)8-7-10(2)6-5-9-15;1-9(2)5-4-6-10(3)7-8-11/h11,13-14,19,21H,6-10H2,1-5H3,(H,17,18);8,13,15H,6-7,9-11H2,1-5H3,(H,17,18);6,11-12H,1,7-10H2,2-5H3,(H,16,19)(H,17,18);5,11,13H,1,6-10H2,2-4H3,(H,15,16);9-10,12H,4-8H2,1-3H3,(H,14,16);5,8,10H,4,6-7H2,1-3H3/t11-,13-,14?;13-,15+;11-,12+;11-,13+;10-,12+;10-/m011111/s1. The van der Waals surface area contributed by atoms with E-state index in [1.54, 1.807) is 62.3 Å². The Balaban J connectivity index is -0.000000295. The zero-order valence-corrected chi connectivity index (χ0v) is 71.7. The van der Waals surface area contributed by atoms with Crippen LogP contribution in [0, 0.1) is 35.5 Å². The topological polar surface area (TPSA) is 372 Å². The van der Waals surface area contributed by atoms with E-state index < -0.39 is 71.5 Å². The fourth-order valence-corrected chi connectivity index (χ4v) is 10.2. The molecule has 12 atom stereocenters. The van der Waals surface area contributed by atoms with Crippen molar-refractivity contribution in [3.8, 4) is 0 Å². The molecule has 0 radical (unpaired) electrons. The molecule has 0 fully saturated rings. The maximum atomic E-state index is 11.8. The van der Waals surface area contributed by atoms with E-state index in [1.807, 2.05) is 26.0 Å². The lowest BCUT2D eigenvalue weighted by Crippen LogP contribution is -2.43. The highest BCUT2D eigenvalue weighted by Crippen LogP contribution is 2.23. The first-order chi connectivity index (χ1) is 50.8. The van der Waals surface area contributed by atoms with Crippen molar-refractivity contribution < 1.29 is 96.5 Å². The molecule has 0 saturated carbocycles. The van der Waals surface area contributed by atoms with Crippen molar-refractivity contribution in [3.63, 3.8) is 0 Å². The van der Waals surface area contributed by atoms with Gasteiger partial charge in [-0.25, -0.2) is 28.8 Å². The van der Waals surface area contributed by atoms with E-state index >= 15 is 0 Å². The number of aliphatic hydroxyl groups excluding tert-OH is 1. The highest BCUT2D eigenvalue weighted by atomic mass is 16.6. The first kappa shape index (κ1) is 113. The normalized spacial score (nSPS) is 13.9. The third kappa shape index (κ3) is 77.3. The first-order valence-electron chi connectivity index (χ1n) is 39.5. The molecular weight excluding hydrogens is 1400 g/mol. The van der Waals surface area contributed by atoms with Crippen molar-refractivity contribution >= 4 is 72.1 Å². The molecule has 0 heterocycles. The number of rotatable bonds is 50. The van der Waals surface area contributed by atoms with E-state index in [1.165, 1.54) is 38.8 Å². The third-order valence-corrected chi connectivity index (χ3v) is 16.7. The van der Waals surface area contributed by atoms with Crippen LogP contribution < -0.4 is 26.6 Å². The van der Waals surface area contributed by atoms with E-state index in [0.29, 0.717) is 101 Å². The average molecular weight is 1550 g/mol. The number of aldehydes is 2. The van der Waals surface area contributed by atoms with E-state index in [-0.39, 0.29) is 48.1 Å². The van der Waals surface area contributed by atoms with Crippen LogP contribution >= 0.6 is 0 Å². The molecule has 1 unspecified atom stereocenters. The number of carboxylic acids is 1. The predicted octanol–water partition coefficient (Wildman–Crippen LogP) is 14.8. The molecule has 25 heteroatoms. The largest absolute Gasteiger partial charge is 0.480 e. The van der Waals surface area contributed by atoms with Crippen LogP contribution in [-0.2, 0) is 76.4 Å². The highest BCUT2D eigenvalue weighted by molar-refractivity contribution is 5.85. The summed E-state index contributed by atoms with van der Waals surface area (Å²) in [6.45, 7) is 50.5. The first-order valence-corrected chi connectivity index (χ1v) is 39.5. The van der Waals surface area contributed by atoms with Crippen LogP contribution in [0.25, 0.3) is 0 Å². The van der Waals surface area contributed by atoms with Gasteiger partial charge in [-0.3, -0.25) is 19.2 Å². The fraction of sp³-hybridized carbons (Fsp3) is 0.762. The summed E-state index contributed by atoms with van der Waals surface area (Å²) in [7, 11) is 0. The minimum absolute atomic E-state index is 0.194. The van der Waals surface area contributed by atoms with Crippen LogP contribution in [0.2, 0.25) is 0 Å². The van der Waals surface area contributed by atoms with Gasteiger partial charge in [-0.15, -0.1) is 13.2 Å². The van der Waals surface area contributed by atoms with Gasteiger partial charge >= 0.3 is 35.9 Å². The molecule has 109 heavy (non-hydrogen) atoms. The highest BCUT2D eigenvalue weighted by Gasteiger charge is 2.28. The number of esters is 4. The molecule has 25 nitrogen and oxygen atoms in total. The molecule has 634 valence electrons. The number of amides is 5. The van der Waals surface area contributed by atoms with Crippen molar-refractivity contribution in [1.29, 1.82) is 0 Å². The number of alkyl carbamates (subject to hydrolysis) is 1. The molecule has 0 aliphatic carbocycles. The number of carbonyl (C=O) groups excluding carboxylic acids is 11. The van der Waals surface area contributed by atoms with Gasteiger partial charge in [-0.2, -0.15) is 0 Å². The molecule has 0 aliphatic heterocycles. The van der Waals surface area contributed by atoms with Gasteiger partial charge in [0.2, 0.25) is 23.6 Å². The van der Waals surface area contributed by atoms with Crippen LogP contribution in [0.1, 0.15) is 307 Å². The molecule has 0 aromatic heterocycles. The molecule has 5 amide bonds. The van der Waals surface area contributed by atoms with Gasteiger partial charge in [0.15, 0.2) is 0 Å².